The van der Waals surface area contributed by atoms with Gasteiger partial charge in [-0.3, -0.25) is 4.79 Å². The molecular formula is C20H23FN2O. The molecule has 0 spiro atoms. The Bertz CT molecular complexity index is 676. The zero-order valence-corrected chi connectivity index (χ0v) is 13.7. The molecule has 1 aliphatic carbocycles. The lowest BCUT2D eigenvalue weighted by atomic mass is 9.91. The van der Waals surface area contributed by atoms with Gasteiger partial charge in [-0.05, 0) is 54.2 Å². The number of carbonyl (C=O) groups is 1. The maximum absolute atomic E-state index is 13.2. The lowest BCUT2D eigenvalue weighted by molar-refractivity contribution is 0.0921. The maximum Gasteiger partial charge on any atom is 0.251 e. The van der Waals surface area contributed by atoms with Crippen molar-refractivity contribution in [2.45, 2.75) is 38.3 Å². The Kier molecular flexibility index (Phi) is 5.26. The van der Waals surface area contributed by atoms with Crippen molar-refractivity contribution in [3.63, 3.8) is 0 Å². The van der Waals surface area contributed by atoms with Gasteiger partial charge in [-0.15, -0.1) is 0 Å². The lowest BCUT2D eigenvalue weighted by Gasteiger charge is -2.25. The molecule has 3 rings (SSSR count). The van der Waals surface area contributed by atoms with Crippen LogP contribution in [0.1, 0.15) is 53.2 Å². The first-order chi connectivity index (χ1) is 11.7. The Labute approximate surface area is 142 Å². The van der Waals surface area contributed by atoms with Crippen LogP contribution in [0.2, 0.25) is 0 Å². The Hall–Kier alpha value is -2.20. The second-order valence-corrected chi connectivity index (χ2v) is 6.45. The molecule has 1 atom stereocenters. The van der Waals surface area contributed by atoms with Crippen LogP contribution in [0.5, 0.6) is 0 Å². The minimum absolute atomic E-state index is 0.0743. The molecule has 3 nitrogen and oxygen atoms in total. The highest BCUT2D eigenvalue weighted by Gasteiger charge is 2.28. The van der Waals surface area contributed by atoms with Crippen molar-refractivity contribution in [1.29, 1.82) is 0 Å². The Morgan fingerprint density at radius 2 is 1.71 bits per heavy atom. The SMILES string of the molecule is NCc1ccc(C(=O)NC(c2ccc(F)cc2)C2CCCC2)cc1. The first-order valence-electron chi connectivity index (χ1n) is 8.52. The Morgan fingerprint density at radius 1 is 1.08 bits per heavy atom. The minimum atomic E-state index is -0.257. The second-order valence-electron chi connectivity index (χ2n) is 6.45. The molecule has 0 aromatic heterocycles. The van der Waals surface area contributed by atoms with Gasteiger partial charge < -0.3 is 11.1 Å². The summed E-state index contributed by atoms with van der Waals surface area (Å²) in [6.07, 6.45) is 4.55. The van der Waals surface area contributed by atoms with Gasteiger partial charge in [-0.2, -0.15) is 0 Å². The zero-order chi connectivity index (χ0) is 16.9. The molecule has 2 aromatic rings. The molecule has 0 saturated heterocycles. The molecule has 0 radical (unpaired) electrons. The summed E-state index contributed by atoms with van der Waals surface area (Å²) in [5, 5.41) is 3.16. The van der Waals surface area contributed by atoms with Gasteiger partial charge in [0.25, 0.3) is 5.91 Å². The molecule has 1 saturated carbocycles. The fourth-order valence-electron chi connectivity index (χ4n) is 3.45. The molecule has 0 heterocycles. The number of hydrogen-bond acceptors (Lipinski definition) is 2. The number of amides is 1. The van der Waals surface area contributed by atoms with Gasteiger partial charge in [-0.1, -0.05) is 37.1 Å². The van der Waals surface area contributed by atoms with Gasteiger partial charge in [0.05, 0.1) is 6.04 Å². The number of benzene rings is 2. The molecule has 0 aliphatic heterocycles. The van der Waals surface area contributed by atoms with E-state index in [2.05, 4.69) is 5.32 Å². The summed E-state index contributed by atoms with van der Waals surface area (Å²) >= 11 is 0. The van der Waals surface area contributed by atoms with Crippen LogP contribution in [0.25, 0.3) is 0 Å². The number of carbonyl (C=O) groups excluding carboxylic acids is 1. The van der Waals surface area contributed by atoms with Gasteiger partial charge in [0.15, 0.2) is 0 Å². The van der Waals surface area contributed by atoms with Gasteiger partial charge in [-0.25, -0.2) is 4.39 Å². The van der Waals surface area contributed by atoms with Crippen molar-refractivity contribution in [3.8, 4) is 0 Å². The minimum Gasteiger partial charge on any atom is -0.345 e. The molecule has 1 aliphatic rings. The number of hydrogen-bond donors (Lipinski definition) is 2. The highest BCUT2D eigenvalue weighted by atomic mass is 19.1. The van der Waals surface area contributed by atoms with Crippen LogP contribution in [0.3, 0.4) is 0 Å². The second kappa shape index (κ2) is 7.58. The third-order valence-electron chi connectivity index (χ3n) is 4.84. The first kappa shape index (κ1) is 16.7. The van der Waals surface area contributed by atoms with E-state index in [4.69, 9.17) is 5.73 Å². The summed E-state index contributed by atoms with van der Waals surface area (Å²) in [5.41, 5.74) is 8.18. The van der Waals surface area contributed by atoms with Crippen LogP contribution in [0, 0.1) is 11.7 Å². The fraction of sp³-hybridized carbons (Fsp3) is 0.350. The van der Waals surface area contributed by atoms with E-state index in [1.807, 2.05) is 12.1 Å². The van der Waals surface area contributed by atoms with E-state index in [1.165, 1.54) is 25.0 Å². The van der Waals surface area contributed by atoms with Crippen LogP contribution in [0.4, 0.5) is 4.39 Å². The van der Waals surface area contributed by atoms with E-state index in [0.717, 1.165) is 24.0 Å². The largest absolute Gasteiger partial charge is 0.345 e. The molecule has 0 bridgehead atoms. The molecule has 126 valence electrons. The summed E-state index contributed by atoms with van der Waals surface area (Å²) in [6.45, 7) is 0.460. The summed E-state index contributed by atoms with van der Waals surface area (Å²) in [6, 6.07) is 13.7. The van der Waals surface area contributed by atoms with Crippen LogP contribution in [-0.2, 0) is 6.54 Å². The molecule has 4 heteroatoms. The third-order valence-corrected chi connectivity index (χ3v) is 4.84. The van der Waals surface area contributed by atoms with Gasteiger partial charge >= 0.3 is 0 Å². The van der Waals surface area contributed by atoms with Crippen LogP contribution in [-0.4, -0.2) is 5.91 Å². The fourth-order valence-corrected chi connectivity index (χ4v) is 3.45. The van der Waals surface area contributed by atoms with Gasteiger partial charge in [0, 0.05) is 12.1 Å². The van der Waals surface area contributed by atoms with Crippen molar-refractivity contribution < 1.29 is 9.18 Å². The highest BCUT2D eigenvalue weighted by Crippen LogP contribution is 2.36. The van der Waals surface area contributed by atoms with Crippen LogP contribution < -0.4 is 11.1 Å². The van der Waals surface area contributed by atoms with Crippen LogP contribution >= 0.6 is 0 Å². The molecule has 1 unspecified atom stereocenters. The monoisotopic (exact) mass is 326 g/mol. The molecular weight excluding hydrogens is 303 g/mol. The van der Waals surface area contributed by atoms with Crippen molar-refractivity contribution >= 4 is 5.91 Å². The summed E-state index contributed by atoms with van der Waals surface area (Å²) in [4.78, 5) is 12.6. The lowest BCUT2D eigenvalue weighted by Crippen LogP contribution is -2.32. The van der Waals surface area contributed by atoms with Crippen LogP contribution in [0.15, 0.2) is 48.5 Å². The maximum atomic E-state index is 13.2. The van der Waals surface area contributed by atoms with E-state index in [9.17, 15) is 9.18 Å². The molecule has 3 N–H and O–H groups in total. The smallest absolute Gasteiger partial charge is 0.251 e. The highest BCUT2D eigenvalue weighted by molar-refractivity contribution is 5.94. The van der Waals surface area contributed by atoms with E-state index in [1.54, 1.807) is 24.3 Å². The van der Waals surface area contributed by atoms with E-state index in [0.29, 0.717) is 18.0 Å². The van der Waals surface area contributed by atoms with Crippen molar-refractivity contribution in [1.82, 2.24) is 5.32 Å². The van der Waals surface area contributed by atoms with E-state index in [-0.39, 0.29) is 17.8 Å². The molecule has 1 fully saturated rings. The average molecular weight is 326 g/mol. The zero-order valence-electron chi connectivity index (χ0n) is 13.7. The summed E-state index contributed by atoms with van der Waals surface area (Å²) < 4.78 is 13.2. The van der Waals surface area contributed by atoms with Crippen molar-refractivity contribution in [2.24, 2.45) is 11.7 Å². The number of nitrogens with two attached hydrogens (primary N) is 1. The number of halogens is 1. The van der Waals surface area contributed by atoms with Gasteiger partial charge in [0.1, 0.15) is 5.82 Å². The Balaban J connectivity index is 1.79. The quantitative estimate of drug-likeness (QED) is 0.874. The van der Waals surface area contributed by atoms with E-state index >= 15 is 0 Å². The third kappa shape index (κ3) is 3.82. The standard InChI is InChI=1S/C20H23FN2O/c21-18-11-9-16(10-12-18)19(15-3-1-2-4-15)23-20(24)17-7-5-14(13-22)6-8-17/h5-12,15,19H,1-4,13,22H2,(H,23,24). The first-order valence-corrected chi connectivity index (χ1v) is 8.52. The molecule has 24 heavy (non-hydrogen) atoms. The summed E-state index contributed by atoms with van der Waals surface area (Å²) in [7, 11) is 0. The summed E-state index contributed by atoms with van der Waals surface area (Å²) in [5.74, 6) is 0.0511. The van der Waals surface area contributed by atoms with E-state index < -0.39 is 0 Å². The molecule has 1 amide bonds. The predicted octanol–water partition coefficient (Wildman–Crippen LogP) is 3.95. The van der Waals surface area contributed by atoms with Crippen molar-refractivity contribution in [3.05, 3.63) is 71.0 Å². The number of nitrogens with one attached hydrogen (secondary N) is 1. The Morgan fingerprint density at radius 3 is 2.29 bits per heavy atom. The van der Waals surface area contributed by atoms with Crippen molar-refractivity contribution in [2.75, 3.05) is 0 Å². The normalized spacial score (nSPS) is 16.1. The topological polar surface area (TPSA) is 55.1 Å². The predicted molar refractivity (Wildman–Crippen MR) is 92.9 cm³/mol. The number of rotatable bonds is 5. The molecule has 2 aromatic carbocycles. The average Bonchev–Trinajstić information content (AvgIpc) is 3.15. The van der Waals surface area contributed by atoms with Gasteiger partial charge in [0.2, 0.25) is 0 Å².